The summed E-state index contributed by atoms with van der Waals surface area (Å²) in [6.07, 6.45) is 5.01. The van der Waals surface area contributed by atoms with Crippen molar-refractivity contribution >= 4 is 5.91 Å². The Balaban J connectivity index is 2.07. The van der Waals surface area contributed by atoms with Crippen LogP contribution in [-0.4, -0.2) is 29.6 Å². The van der Waals surface area contributed by atoms with E-state index in [1.165, 1.54) is 19.3 Å². The van der Waals surface area contributed by atoms with Crippen molar-refractivity contribution in [3.8, 4) is 0 Å². The monoisotopic (exact) mass is 224 g/mol. The molecule has 0 aromatic rings. The number of carbonyl (C=O) groups is 1. The largest absolute Gasteiger partial charge is 0.323 e. The highest BCUT2D eigenvalue weighted by molar-refractivity contribution is 5.81. The van der Waals surface area contributed by atoms with Crippen LogP contribution < -0.4 is 5.32 Å². The fourth-order valence-corrected chi connectivity index (χ4v) is 3.50. The first-order valence-corrected chi connectivity index (χ1v) is 6.66. The Labute approximate surface area is 98.6 Å². The molecule has 0 aromatic carbocycles. The molecule has 0 bridgehead atoms. The van der Waals surface area contributed by atoms with Crippen LogP contribution in [0.4, 0.5) is 0 Å². The van der Waals surface area contributed by atoms with Gasteiger partial charge in [-0.3, -0.25) is 10.1 Å². The molecule has 2 aliphatic rings. The lowest BCUT2D eigenvalue weighted by Gasteiger charge is -2.39. The first-order chi connectivity index (χ1) is 7.61. The van der Waals surface area contributed by atoms with E-state index >= 15 is 0 Å². The van der Waals surface area contributed by atoms with Gasteiger partial charge in [0, 0.05) is 6.04 Å². The second-order valence-electron chi connectivity index (χ2n) is 5.68. The Morgan fingerprint density at radius 2 is 1.88 bits per heavy atom. The molecule has 1 saturated heterocycles. The van der Waals surface area contributed by atoms with Crippen LogP contribution in [0.3, 0.4) is 0 Å². The van der Waals surface area contributed by atoms with Gasteiger partial charge in [-0.25, -0.2) is 0 Å². The topological polar surface area (TPSA) is 32.3 Å². The van der Waals surface area contributed by atoms with Gasteiger partial charge in [-0.1, -0.05) is 20.8 Å². The van der Waals surface area contributed by atoms with Gasteiger partial charge in [0.15, 0.2) is 0 Å². The fourth-order valence-electron chi connectivity index (χ4n) is 3.50. The van der Waals surface area contributed by atoms with Crippen molar-refractivity contribution in [2.75, 3.05) is 6.54 Å². The lowest BCUT2D eigenvalue weighted by Crippen LogP contribution is -2.47. The van der Waals surface area contributed by atoms with Gasteiger partial charge in [-0.2, -0.15) is 0 Å². The minimum absolute atomic E-state index is 0.287. The van der Waals surface area contributed by atoms with Crippen LogP contribution in [0.25, 0.3) is 0 Å². The zero-order chi connectivity index (χ0) is 11.7. The smallest absolute Gasteiger partial charge is 0.238 e. The number of amides is 1. The number of hydrogen-bond acceptors (Lipinski definition) is 2. The highest BCUT2D eigenvalue weighted by atomic mass is 16.2. The Hall–Kier alpha value is -0.570. The maximum atomic E-state index is 11.9. The lowest BCUT2D eigenvalue weighted by molar-refractivity contribution is -0.131. The van der Waals surface area contributed by atoms with Crippen molar-refractivity contribution in [2.24, 2.45) is 11.8 Å². The van der Waals surface area contributed by atoms with E-state index in [0.717, 1.165) is 18.3 Å². The maximum Gasteiger partial charge on any atom is 0.238 e. The summed E-state index contributed by atoms with van der Waals surface area (Å²) < 4.78 is 0. The number of rotatable bonds is 2. The van der Waals surface area contributed by atoms with E-state index in [1.807, 2.05) is 0 Å². The van der Waals surface area contributed by atoms with Crippen LogP contribution in [-0.2, 0) is 4.79 Å². The number of nitrogens with zero attached hydrogens (tertiary/aromatic N) is 1. The Morgan fingerprint density at radius 1 is 1.25 bits per heavy atom. The molecule has 1 aliphatic heterocycles. The molecular formula is C13H24N2O. The molecule has 3 nitrogen and oxygen atoms in total. The van der Waals surface area contributed by atoms with Crippen LogP contribution in [0.1, 0.15) is 46.5 Å². The summed E-state index contributed by atoms with van der Waals surface area (Å²) >= 11 is 0. The molecule has 1 saturated carbocycles. The highest BCUT2D eigenvalue weighted by Crippen LogP contribution is 2.33. The quantitative estimate of drug-likeness (QED) is 0.778. The van der Waals surface area contributed by atoms with Gasteiger partial charge in [0.05, 0.1) is 12.7 Å². The molecule has 3 heteroatoms. The van der Waals surface area contributed by atoms with Gasteiger partial charge < -0.3 is 4.90 Å². The normalized spacial score (nSPS) is 40.4. The first-order valence-electron chi connectivity index (χ1n) is 6.66. The third-order valence-corrected chi connectivity index (χ3v) is 4.05. The summed E-state index contributed by atoms with van der Waals surface area (Å²) in [4.78, 5) is 14.1. The van der Waals surface area contributed by atoms with E-state index in [1.54, 1.807) is 0 Å². The minimum Gasteiger partial charge on any atom is -0.323 e. The Kier molecular flexibility index (Phi) is 3.53. The van der Waals surface area contributed by atoms with E-state index in [2.05, 4.69) is 31.0 Å². The molecule has 0 aromatic heterocycles. The second-order valence-corrected chi connectivity index (χ2v) is 5.68. The van der Waals surface area contributed by atoms with Gasteiger partial charge in [0.25, 0.3) is 0 Å². The fraction of sp³-hybridized carbons (Fsp3) is 0.923. The first kappa shape index (κ1) is 11.9. The number of hydrogen-bond donors (Lipinski definition) is 1. The highest BCUT2D eigenvalue weighted by Gasteiger charge is 2.37. The zero-order valence-electron chi connectivity index (χ0n) is 10.7. The third-order valence-electron chi connectivity index (χ3n) is 4.05. The second kappa shape index (κ2) is 4.74. The maximum absolute atomic E-state index is 11.9. The summed E-state index contributed by atoms with van der Waals surface area (Å²) in [6.45, 7) is 7.33. The predicted molar refractivity (Wildman–Crippen MR) is 64.9 cm³/mol. The summed E-state index contributed by atoms with van der Waals surface area (Å²) in [5, 5.41) is 3.31. The molecule has 1 aliphatic carbocycles. The van der Waals surface area contributed by atoms with Crippen LogP contribution >= 0.6 is 0 Å². The summed E-state index contributed by atoms with van der Waals surface area (Å²) in [5.74, 6) is 1.83. The standard InChI is InChI=1S/C13H24N2O/c1-4-12-14-8-13(16)15(12)11-6-9(2)5-10(3)7-11/h9-12,14H,4-8H2,1-3H3. The zero-order valence-corrected chi connectivity index (χ0v) is 10.7. The SMILES string of the molecule is CCC1NCC(=O)N1C1CC(C)CC(C)C1. The van der Waals surface area contributed by atoms with Gasteiger partial charge >= 0.3 is 0 Å². The molecular weight excluding hydrogens is 200 g/mol. The van der Waals surface area contributed by atoms with Crippen molar-refractivity contribution in [3.05, 3.63) is 0 Å². The molecule has 92 valence electrons. The summed E-state index contributed by atoms with van der Waals surface area (Å²) in [7, 11) is 0. The van der Waals surface area contributed by atoms with E-state index in [0.29, 0.717) is 18.5 Å². The molecule has 0 spiro atoms. The minimum atomic E-state index is 0.287. The van der Waals surface area contributed by atoms with Crippen LogP contribution in [0, 0.1) is 11.8 Å². The van der Waals surface area contributed by atoms with Gasteiger partial charge in [-0.15, -0.1) is 0 Å². The van der Waals surface area contributed by atoms with Crippen molar-refractivity contribution in [3.63, 3.8) is 0 Å². The molecule has 3 unspecified atom stereocenters. The van der Waals surface area contributed by atoms with Gasteiger partial charge in [-0.05, 0) is 37.5 Å². The Bertz CT molecular complexity index is 257. The third kappa shape index (κ3) is 2.24. The van der Waals surface area contributed by atoms with Crippen molar-refractivity contribution in [2.45, 2.75) is 58.7 Å². The predicted octanol–water partition coefficient (Wildman–Crippen LogP) is 1.98. The molecule has 2 fully saturated rings. The molecule has 16 heavy (non-hydrogen) atoms. The lowest BCUT2D eigenvalue weighted by atomic mass is 9.79. The van der Waals surface area contributed by atoms with Crippen molar-refractivity contribution in [1.82, 2.24) is 10.2 Å². The average Bonchev–Trinajstić information content (AvgIpc) is 2.58. The molecule has 1 heterocycles. The molecule has 1 amide bonds. The Morgan fingerprint density at radius 3 is 2.44 bits per heavy atom. The summed E-state index contributed by atoms with van der Waals surface area (Å²) in [6, 6.07) is 0.478. The molecule has 3 atom stereocenters. The summed E-state index contributed by atoms with van der Waals surface area (Å²) in [5.41, 5.74) is 0. The van der Waals surface area contributed by atoms with Crippen LogP contribution in [0.5, 0.6) is 0 Å². The van der Waals surface area contributed by atoms with E-state index in [9.17, 15) is 4.79 Å². The average molecular weight is 224 g/mol. The molecule has 2 rings (SSSR count). The van der Waals surface area contributed by atoms with E-state index < -0.39 is 0 Å². The van der Waals surface area contributed by atoms with Gasteiger partial charge in [0.2, 0.25) is 5.91 Å². The van der Waals surface area contributed by atoms with Crippen LogP contribution in [0.2, 0.25) is 0 Å². The van der Waals surface area contributed by atoms with Crippen molar-refractivity contribution < 1.29 is 4.79 Å². The van der Waals surface area contributed by atoms with Crippen LogP contribution in [0.15, 0.2) is 0 Å². The van der Waals surface area contributed by atoms with Gasteiger partial charge in [0.1, 0.15) is 0 Å². The number of carbonyl (C=O) groups excluding carboxylic acids is 1. The molecule has 1 N–H and O–H groups in total. The number of nitrogens with one attached hydrogen (secondary N) is 1. The van der Waals surface area contributed by atoms with E-state index in [-0.39, 0.29) is 6.17 Å². The molecule has 0 radical (unpaired) electrons. The van der Waals surface area contributed by atoms with E-state index in [4.69, 9.17) is 0 Å². The van der Waals surface area contributed by atoms with Crippen molar-refractivity contribution in [1.29, 1.82) is 0 Å².